The molecule has 1 aromatic heterocycles. The lowest BCUT2D eigenvalue weighted by Crippen LogP contribution is -2.53. The van der Waals surface area contributed by atoms with E-state index in [-0.39, 0.29) is 47.0 Å². The topological polar surface area (TPSA) is 150 Å². The number of likely N-dealkylation sites (N-methyl/N-ethyl adjacent to an activating group) is 1. The Morgan fingerprint density at radius 3 is 2.23 bits per heavy atom. The van der Waals surface area contributed by atoms with E-state index in [1.807, 2.05) is 6.07 Å². The molecule has 0 radical (unpaired) electrons. The second-order valence-corrected chi connectivity index (χ2v) is 13.7. The average molecular weight is 703 g/mol. The highest BCUT2D eigenvalue weighted by Gasteiger charge is 2.33. The van der Waals surface area contributed by atoms with Crippen molar-refractivity contribution >= 4 is 35.6 Å². The molecule has 1 atom stereocenters. The number of amides is 4. The fourth-order valence-corrected chi connectivity index (χ4v) is 6.41. The Morgan fingerprint density at radius 2 is 1.60 bits per heavy atom. The standard InChI is InChI=1S/C41H46N6O5/c1-41(2,31-15-10-28(11-16-31)12-17-32-22-24-44-37(45-32)39(51)42-3)30-13-8-27(9-14-30)7-5-6-23-43-33-18-19-34(29(25-33)26-48)40(52)47(4)35-20-21-36(49)46-38(35)50/h8-11,13-16,18-19,22,24-26,35,43H,5-7,12,17,20-21,23H2,1-4H3,(H,42,51)(H,46,49,50). The van der Waals surface area contributed by atoms with Crippen molar-refractivity contribution in [2.75, 3.05) is 26.0 Å². The van der Waals surface area contributed by atoms with Gasteiger partial charge in [0.2, 0.25) is 17.6 Å². The quantitative estimate of drug-likeness (QED) is 0.0883. The number of carbonyl (C=O) groups is 5. The Morgan fingerprint density at radius 1 is 0.923 bits per heavy atom. The van der Waals surface area contributed by atoms with E-state index >= 15 is 0 Å². The van der Waals surface area contributed by atoms with Crippen molar-refractivity contribution in [1.82, 2.24) is 25.5 Å². The number of hydrogen-bond acceptors (Lipinski definition) is 8. The van der Waals surface area contributed by atoms with Crippen LogP contribution in [0.2, 0.25) is 0 Å². The third-order valence-corrected chi connectivity index (χ3v) is 9.79. The molecule has 52 heavy (non-hydrogen) atoms. The van der Waals surface area contributed by atoms with Crippen LogP contribution in [0.1, 0.15) is 98.8 Å². The molecule has 2 heterocycles. The Balaban J connectivity index is 1.08. The minimum atomic E-state index is -0.760. The summed E-state index contributed by atoms with van der Waals surface area (Å²) >= 11 is 0. The molecule has 4 amide bonds. The number of unbranched alkanes of at least 4 members (excludes halogenated alkanes) is 1. The van der Waals surface area contributed by atoms with Crippen molar-refractivity contribution in [3.8, 4) is 0 Å². The summed E-state index contributed by atoms with van der Waals surface area (Å²) in [6.07, 6.45) is 7.05. The highest BCUT2D eigenvalue weighted by molar-refractivity contribution is 6.06. The second-order valence-electron chi connectivity index (χ2n) is 13.7. The average Bonchev–Trinajstić information content (AvgIpc) is 3.16. The highest BCUT2D eigenvalue weighted by atomic mass is 16.2. The van der Waals surface area contributed by atoms with Crippen molar-refractivity contribution < 1.29 is 24.0 Å². The molecular formula is C41H46N6O5. The normalized spacial score (nSPS) is 14.3. The van der Waals surface area contributed by atoms with E-state index in [1.165, 1.54) is 34.2 Å². The maximum atomic E-state index is 13.1. The lowest BCUT2D eigenvalue weighted by Gasteiger charge is -2.30. The van der Waals surface area contributed by atoms with E-state index in [0.29, 0.717) is 12.8 Å². The number of nitrogens with one attached hydrogen (secondary N) is 3. The number of nitrogens with zero attached hydrogens (tertiary/aromatic N) is 3. The molecule has 5 rings (SSSR count). The van der Waals surface area contributed by atoms with Gasteiger partial charge in [0.1, 0.15) is 6.04 Å². The zero-order valence-corrected chi connectivity index (χ0v) is 30.2. The maximum absolute atomic E-state index is 13.1. The number of aromatic nitrogens is 2. The number of anilines is 1. The van der Waals surface area contributed by atoms with E-state index in [0.717, 1.165) is 43.5 Å². The number of hydrogen-bond donors (Lipinski definition) is 3. The molecule has 1 saturated heterocycles. The number of rotatable bonds is 15. The first-order valence-corrected chi connectivity index (χ1v) is 17.7. The number of piperidine rings is 1. The Bertz CT molecular complexity index is 1920. The van der Waals surface area contributed by atoms with E-state index < -0.39 is 17.9 Å². The molecule has 3 N–H and O–H groups in total. The van der Waals surface area contributed by atoms with E-state index in [9.17, 15) is 24.0 Å². The van der Waals surface area contributed by atoms with Crippen molar-refractivity contribution in [3.63, 3.8) is 0 Å². The summed E-state index contributed by atoms with van der Waals surface area (Å²) in [5.74, 6) is -1.41. The van der Waals surface area contributed by atoms with Crippen LogP contribution in [0.4, 0.5) is 5.69 Å². The molecule has 11 nitrogen and oxygen atoms in total. The second kappa shape index (κ2) is 17.0. The van der Waals surface area contributed by atoms with Gasteiger partial charge in [0.05, 0.1) is 5.56 Å². The summed E-state index contributed by atoms with van der Waals surface area (Å²) in [6.45, 7) is 5.18. The predicted octanol–water partition coefficient (Wildman–Crippen LogP) is 5.07. The Kier molecular flexibility index (Phi) is 12.3. The molecule has 1 unspecified atom stereocenters. The predicted molar refractivity (Wildman–Crippen MR) is 199 cm³/mol. The van der Waals surface area contributed by atoms with Crippen LogP contribution in [-0.4, -0.2) is 71.5 Å². The fourth-order valence-electron chi connectivity index (χ4n) is 6.41. The molecule has 1 aliphatic heterocycles. The first kappa shape index (κ1) is 37.5. The maximum Gasteiger partial charge on any atom is 0.288 e. The Hall–Kier alpha value is -5.71. The summed E-state index contributed by atoms with van der Waals surface area (Å²) in [5, 5.41) is 8.17. The molecule has 1 fully saturated rings. The molecule has 1 aliphatic rings. The lowest BCUT2D eigenvalue weighted by molar-refractivity contribution is -0.136. The van der Waals surface area contributed by atoms with Gasteiger partial charge >= 0.3 is 0 Å². The van der Waals surface area contributed by atoms with Gasteiger partial charge in [-0.1, -0.05) is 62.4 Å². The summed E-state index contributed by atoms with van der Waals surface area (Å²) in [4.78, 5) is 70.3. The van der Waals surface area contributed by atoms with Crippen LogP contribution in [0.5, 0.6) is 0 Å². The van der Waals surface area contributed by atoms with Crippen LogP contribution in [0.25, 0.3) is 0 Å². The van der Waals surface area contributed by atoms with Crippen LogP contribution in [-0.2, 0) is 34.3 Å². The molecule has 0 saturated carbocycles. The number of carbonyl (C=O) groups excluding carboxylic acids is 5. The third-order valence-electron chi connectivity index (χ3n) is 9.79. The smallest absolute Gasteiger partial charge is 0.288 e. The molecular weight excluding hydrogens is 656 g/mol. The van der Waals surface area contributed by atoms with Crippen LogP contribution in [0.3, 0.4) is 0 Å². The van der Waals surface area contributed by atoms with Crippen LogP contribution in [0, 0.1) is 0 Å². The molecule has 0 bridgehead atoms. The number of aldehydes is 1. The minimum Gasteiger partial charge on any atom is -0.385 e. The van der Waals surface area contributed by atoms with E-state index in [4.69, 9.17) is 0 Å². The monoisotopic (exact) mass is 702 g/mol. The SMILES string of the molecule is CNC(=O)c1nccc(CCc2ccc(C(C)(C)c3ccc(CCCCNc4ccc(C(=O)N(C)C5CCC(=O)NC5=O)c(C=O)c4)cc3)cc2)n1. The van der Waals surface area contributed by atoms with Crippen molar-refractivity contribution in [3.05, 3.63) is 124 Å². The fraction of sp³-hybridized carbons (Fsp3) is 0.341. The molecule has 0 spiro atoms. The first-order valence-electron chi connectivity index (χ1n) is 17.7. The molecule has 4 aromatic rings. The zero-order chi connectivity index (χ0) is 37.3. The van der Waals surface area contributed by atoms with E-state index in [1.54, 1.807) is 31.4 Å². The van der Waals surface area contributed by atoms with Gasteiger partial charge in [0, 0.05) is 55.6 Å². The number of aryl methyl sites for hydroxylation is 3. The summed E-state index contributed by atoms with van der Waals surface area (Å²) in [6, 6.07) is 23.6. The number of benzene rings is 3. The van der Waals surface area contributed by atoms with Gasteiger partial charge in [-0.15, -0.1) is 0 Å². The zero-order valence-electron chi connectivity index (χ0n) is 30.2. The van der Waals surface area contributed by atoms with Crippen LogP contribution < -0.4 is 16.0 Å². The molecule has 270 valence electrons. The summed E-state index contributed by atoms with van der Waals surface area (Å²) < 4.78 is 0. The van der Waals surface area contributed by atoms with Gasteiger partial charge in [-0.05, 0) is 85.0 Å². The van der Waals surface area contributed by atoms with Crippen LogP contribution in [0.15, 0.2) is 79.0 Å². The van der Waals surface area contributed by atoms with Gasteiger partial charge in [-0.25, -0.2) is 9.97 Å². The van der Waals surface area contributed by atoms with Gasteiger partial charge in [-0.2, -0.15) is 0 Å². The van der Waals surface area contributed by atoms with Crippen molar-refractivity contribution in [2.45, 2.75) is 70.3 Å². The summed E-state index contributed by atoms with van der Waals surface area (Å²) in [7, 11) is 3.08. The minimum absolute atomic E-state index is 0.163. The van der Waals surface area contributed by atoms with Crippen molar-refractivity contribution in [2.24, 2.45) is 0 Å². The van der Waals surface area contributed by atoms with Crippen LogP contribution >= 0.6 is 0 Å². The molecule has 3 aromatic carbocycles. The van der Waals surface area contributed by atoms with Crippen molar-refractivity contribution in [1.29, 1.82) is 0 Å². The summed E-state index contributed by atoms with van der Waals surface area (Å²) in [5.41, 5.74) is 6.80. The van der Waals surface area contributed by atoms with E-state index in [2.05, 4.69) is 88.3 Å². The lowest BCUT2D eigenvalue weighted by atomic mass is 9.77. The van der Waals surface area contributed by atoms with Gasteiger partial charge in [0.15, 0.2) is 6.29 Å². The first-order chi connectivity index (χ1) is 25.0. The van der Waals surface area contributed by atoms with Gasteiger partial charge < -0.3 is 15.5 Å². The molecule has 0 aliphatic carbocycles. The van der Waals surface area contributed by atoms with Gasteiger partial charge in [0.25, 0.3) is 11.8 Å². The molecule has 11 heteroatoms. The van der Waals surface area contributed by atoms with Gasteiger partial charge in [-0.3, -0.25) is 29.3 Å². The highest BCUT2D eigenvalue weighted by Crippen LogP contribution is 2.32. The largest absolute Gasteiger partial charge is 0.385 e. The Labute approximate surface area is 304 Å². The third kappa shape index (κ3) is 9.14. The number of imide groups is 1.